The number of amides is 1. The van der Waals surface area contributed by atoms with Crippen molar-refractivity contribution in [3.05, 3.63) is 77.5 Å². The first-order valence-corrected chi connectivity index (χ1v) is 8.88. The summed E-state index contributed by atoms with van der Waals surface area (Å²) in [5.74, 6) is 1.71. The molecule has 0 spiro atoms. The SMILES string of the molecule is COc1ccc(OC)c(Nc2cc(C(=O)NCc3ccc(C)cc3)ccn2)c1. The van der Waals surface area contributed by atoms with Gasteiger partial charge in [-0.2, -0.15) is 0 Å². The van der Waals surface area contributed by atoms with Crippen LogP contribution in [0.2, 0.25) is 0 Å². The van der Waals surface area contributed by atoms with E-state index in [4.69, 9.17) is 9.47 Å². The Labute approximate surface area is 164 Å². The first-order chi connectivity index (χ1) is 13.6. The number of rotatable bonds is 7. The van der Waals surface area contributed by atoms with E-state index in [1.807, 2.05) is 43.3 Å². The van der Waals surface area contributed by atoms with Crippen LogP contribution < -0.4 is 20.1 Å². The molecular weight excluding hydrogens is 354 g/mol. The van der Waals surface area contributed by atoms with Crippen LogP contribution in [0.5, 0.6) is 11.5 Å². The van der Waals surface area contributed by atoms with E-state index in [0.717, 1.165) is 5.56 Å². The van der Waals surface area contributed by atoms with E-state index >= 15 is 0 Å². The summed E-state index contributed by atoms with van der Waals surface area (Å²) in [7, 11) is 3.19. The summed E-state index contributed by atoms with van der Waals surface area (Å²) >= 11 is 0. The number of pyridine rings is 1. The molecule has 0 saturated heterocycles. The summed E-state index contributed by atoms with van der Waals surface area (Å²) < 4.78 is 10.6. The molecule has 3 rings (SSSR count). The summed E-state index contributed by atoms with van der Waals surface area (Å²) in [5.41, 5.74) is 3.46. The molecule has 0 aliphatic heterocycles. The normalized spacial score (nSPS) is 10.2. The van der Waals surface area contributed by atoms with Crippen LogP contribution in [-0.4, -0.2) is 25.1 Å². The maximum Gasteiger partial charge on any atom is 0.251 e. The highest BCUT2D eigenvalue weighted by atomic mass is 16.5. The molecule has 1 aromatic heterocycles. The molecule has 6 heteroatoms. The second-order valence-electron chi connectivity index (χ2n) is 6.29. The molecule has 28 heavy (non-hydrogen) atoms. The fourth-order valence-corrected chi connectivity index (χ4v) is 2.68. The Kier molecular flexibility index (Phi) is 6.11. The first-order valence-electron chi connectivity index (χ1n) is 8.88. The lowest BCUT2D eigenvalue weighted by molar-refractivity contribution is 0.0951. The van der Waals surface area contributed by atoms with Gasteiger partial charge in [-0.1, -0.05) is 29.8 Å². The number of nitrogens with one attached hydrogen (secondary N) is 2. The molecule has 2 N–H and O–H groups in total. The summed E-state index contributed by atoms with van der Waals surface area (Å²) in [4.78, 5) is 16.8. The standard InChI is InChI=1S/C22H23N3O3/c1-15-4-6-16(7-5-15)14-24-22(26)17-10-11-23-21(12-17)25-19-13-18(27-2)8-9-20(19)28-3/h4-13H,14H2,1-3H3,(H,23,25)(H,24,26). The van der Waals surface area contributed by atoms with Gasteiger partial charge in [0.25, 0.3) is 5.91 Å². The molecule has 3 aromatic rings. The van der Waals surface area contributed by atoms with Crippen LogP contribution in [0.3, 0.4) is 0 Å². The highest BCUT2D eigenvalue weighted by molar-refractivity contribution is 5.94. The van der Waals surface area contributed by atoms with Crippen molar-refractivity contribution >= 4 is 17.4 Å². The minimum Gasteiger partial charge on any atom is -0.497 e. The monoisotopic (exact) mass is 377 g/mol. The zero-order valence-corrected chi connectivity index (χ0v) is 16.2. The minimum atomic E-state index is -0.163. The fourth-order valence-electron chi connectivity index (χ4n) is 2.68. The van der Waals surface area contributed by atoms with Gasteiger partial charge in [0.1, 0.15) is 17.3 Å². The van der Waals surface area contributed by atoms with Gasteiger partial charge in [0.2, 0.25) is 0 Å². The summed E-state index contributed by atoms with van der Waals surface area (Å²) in [6.45, 7) is 2.50. The van der Waals surface area contributed by atoms with E-state index in [0.29, 0.717) is 35.1 Å². The van der Waals surface area contributed by atoms with E-state index in [-0.39, 0.29) is 5.91 Å². The zero-order chi connectivity index (χ0) is 19.9. The molecule has 0 fully saturated rings. The number of carbonyl (C=O) groups is 1. The lowest BCUT2D eigenvalue weighted by atomic mass is 10.1. The van der Waals surface area contributed by atoms with Crippen molar-refractivity contribution in [1.82, 2.24) is 10.3 Å². The predicted molar refractivity (Wildman–Crippen MR) is 109 cm³/mol. The van der Waals surface area contributed by atoms with E-state index in [9.17, 15) is 4.79 Å². The second kappa shape index (κ2) is 8.90. The molecule has 0 bridgehead atoms. The number of hydrogen-bond donors (Lipinski definition) is 2. The number of carbonyl (C=O) groups excluding carboxylic acids is 1. The molecule has 2 aromatic carbocycles. The fraction of sp³-hybridized carbons (Fsp3) is 0.182. The molecule has 0 saturated carbocycles. The molecule has 0 aliphatic rings. The Bertz CT molecular complexity index is 955. The van der Waals surface area contributed by atoms with E-state index in [1.165, 1.54) is 5.56 Å². The van der Waals surface area contributed by atoms with Crippen molar-refractivity contribution in [3.8, 4) is 11.5 Å². The number of aromatic nitrogens is 1. The quantitative estimate of drug-likeness (QED) is 0.649. The summed E-state index contributed by atoms with van der Waals surface area (Å²) in [6.07, 6.45) is 1.59. The average Bonchev–Trinajstić information content (AvgIpc) is 2.73. The number of anilines is 2. The zero-order valence-electron chi connectivity index (χ0n) is 16.2. The minimum absolute atomic E-state index is 0.163. The van der Waals surface area contributed by atoms with Crippen molar-refractivity contribution in [2.45, 2.75) is 13.5 Å². The number of benzene rings is 2. The topological polar surface area (TPSA) is 72.5 Å². The van der Waals surface area contributed by atoms with Gasteiger partial charge in [-0.3, -0.25) is 4.79 Å². The number of aryl methyl sites for hydroxylation is 1. The van der Waals surface area contributed by atoms with Gasteiger partial charge in [0.05, 0.1) is 19.9 Å². The van der Waals surface area contributed by atoms with Gasteiger partial charge in [-0.15, -0.1) is 0 Å². The number of nitrogens with zero attached hydrogens (tertiary/aromatic N) is 1. The Hall–Kier alpha value is -3.54. The van der Waals surface area contributed by atoms with Gasteiger partial charge in [0.15, 0.2) is 0 Å². The Morgan fingerprint density at radius 3 is 2.50 bits per heavy atom. The summed E-state index contributed by atoms with van der Waals surface area (Å²) in [6, 6.07) is 16.9. The lowest BCUT2D eigenvalue weighted by Gasteiger charge is -2.13. The third-order valence-electron chi connectivity index (χ3n) is 4.27. The van der Waals surface area contributed by atoms with Crippen molar-refractivity contribution in [2.75, 3.05) is 19.5 Å². The Morgan fingerprint density at radius 2 is 1.79 bits per heavy atom. The second-order valence-corrected chi connectivity index (χ2v) is 6.29. The third-order valence-corrected chi connectivity index (χ3v) is 4.27. The smallest absolute Gasteiger partial charge is 0.251 e. The molecule has 0 aliphatic carbocycles. The largest absolute Gasteiger partial charge is 0.497 e. The van der Waals surface area contributed by atoms with E-state index in [2.05, 4.69) is 15.6 Å². The van der Waals surface area contributed by atoms with Crippen LogP contribution in [0.15, 0.2) is 60.8 Å². The molecule has 144 valence electrons. The van der Waals surface area contributed by atoms with E-state index in [1.54, 1.807) is 38.6 Å². The van der Waals surface area contributed by atoms with Crippen molar-refractivity contribution in [2.24, 2.45) is 0 Å². The third kappa shape index (κ3) is 4.79. The highest BCUT2D eigenvalue weighted by Gasteiger charge is 2.10. The molecular formula is C22H23N3O3. The van der Waals surface area contributed by atoms with Crippen molar-refractivity contribution in [1.29, 1.82) is 0 Å². The number of ether oxygens (including phenoxy) is 2. The molecule has 6 nitrogen and oxygen atoms in total. The van der Waals surface area contributed by atoms with Crippen LogP contribution in [0, 0.1) is 6.92 Å². The van der Waals surface area contributed by atoms with Crippen LogP contribution in [0.25, 0.3) is 0 Å². The van der Waals surface area contributed by atoms with Crippen LogP contribution in [-0.2, 0) is 6.54 Å². The van der Waals surface area contributed by atoms with E-state index < -0.39 is 0 Å². The average molecular weight is 377 g/mol. The van der Waals surface area contributed by atoms with Crippen molar-refractivity contribution < 1.29 is 14.3 Å². The molecule has 0 atom stereocenters. The van der Waals surface area contributed by atoms with Gasteiger partial charge in [0, 0.05) is 24.4 Å². The van der Waals surface area contributed by atoms with Gasteiger partial charge >= 0.3 is 0 Å². The maximum atomic E-state index is 12.5. The summed E-state index contributed by atoms with van der Waals surface area (Å²) in [5, 5.41) is 6.10. The maximum absolute atomic E-state index is 12.5. The van der Waals surface area contributed by atoms with Crippen molar-refractivity contribution in [3.63, 3.8) is 0 Å². The van der Waals surface area contributed by atoms with Crippen LogP contribution >= 0.6 is 0 Å². The molecule has 1 amide bonds. The van der Waals surface area contributed by atoms with Gasteiger partial charge in [-0.05, 0) is 36.8 Å². The lowest BCUT2D eigenvalue weighted by Crippen LogP contribution is -2.22. The predicted octanol–water partition coefficient (Wildman–Crippen LogP) is 4.08. The van der Waals surface area contributed by atoms with Gasteiger partial charge < -0.3 is 20.1 Å². The van der Waals surface area contributed by atoms with Crippen LogP contribution in [0.1, 0.15) is 21.5 Å². The number of hydrogen-bond acceptors (Lipinski definition) is 5. The Balaban J connectivity index is 1.71. The number of methoxy groups -OCH3 is 2. The molecule has 0 radical (unpaired) electrons. The van der Waals surface area contributed by atoms with Crippen LogP contribution in [0.4, 0.5) is 11.5 Å². The molecule has 0 unspecified atom stereocenters. The van der Waals surface area contributed by atoms with Gasteiger partial charge in [-0.25, -0.2) is 4.98 Å². The highest BCUT2D eigenvalue weighted by Crippen LogP contribution is 2.31. The molecule has 1 heterocycles. The first kappa shape index (κ1) is 19.2. The Morgan fingerprint density at radius 1 is 1.00 bits per heavy atom.